The summed E-state index contributed by atoms with van der Waals surface area (Å²) in [7, 11) is 0. The molecule has 3 aromatic carbocycles. The Bertz CT molecular complexity index is 2330. The number of likely N-dealkylation sites (tertiary alicyclic amines) is 1. The first-order chi connectivity index (χ1) is 27.6. The van der Waals surface area contributed by atoms with Gasteiger partial charge in [0.25, 0.3) is 17.7 Å². The zero-order chi connectivity index (χ0) is 40.8. The molecule has 1 saturated carbocycles. The second-order valence-corrected chi connectivity index (χ2v) is 18.6. The predicted octanol–water partition coefficient (Wildman–Crippen LogP) is 5.68. The maximum absolute atomic E-state index is 13.9. The molecule has 9 rings (SSSR count). The summed E-state index contributed by atoms with van der Waals surface area (Å²) in [5, 5.41) is 12.0. The third-order valence-corrected chi connectivity index (χ3v) is 13.9. The molecule has 3 aromatic rings. The summed E-state index contributed by atoms with van der Waals surface area (Å²) in [6.45, 7) is 13.1. The number of fused-ring (bicyclic) bond motifs is 3. The molecule has 0 aromatic heterocycles. The van der Waals surface area contributed by atoms with Crippen LogP contribution in [0.2, 0.25) is 5.02 Å². The van der Waals surface area contributed by atoms with Gasteiger partial charge in [0, 0.05) is 91.9 Å². The highest BCUT2D eigenvalue weighted by Crippen LogP contribution is 2.59. The lowest BCUT2D eigenvalue weighted by atomic mass is 9.49. The summed E-state index contributed by atoms with van der Waals surface area (Å²) in [5.41, 5.74) is 5.67. The van der Waals surface area contributed by atoms with Crippen molar-refractivity contribution in [2.75, 3.05) is 19.6 Å². The van der Waals surface area contributed by atoms with Crippen molar-refractivity contribution in [2.24, 2.45) is 16.7 Å². The zero-order valence-corrected chi connectivity index (χ0v) is 34.0. The van der Waals surface area contributed by atoms with Crippen molar-refractivity contribution in [3.8, 4) is 11.8 Å². The minimum absolute atomic E-state index is 0.00916. The lowest BCUT2D eigenvalue weighted by Crippen LogP contribution is -2.74. The third-order valence-electron chi connectivity index (χ3n) is 13.6. The van der Waals surface area contributed by atoms with Crippen LogP contribution in [-0.4, -0.2) is 87.0 Å². The van der Waals surface area contributed by atoms with Gasteiger partial charge in [0.15, 0.2) is 0 Å². The molecule has 1 atom stereocenters. The zero-order valence-electron chi connectivity index (χ0n) is 33.3. The van der Waals surface area contributed by atoms with E-state index in [9.17, 15) is 29.2 Å². The molecule has 2 saturated heterocycles. The molecule has 5 heterocycles. The Balaban J connectivity index is 0.787. The molecule has 13 heteroatoms. The number of nitriles is 1. The number of carbonyl (C=O) groups excluding carboxylic acids is 5. The van der Waals surface area contributed by atoms with Crippen LogP contribution in [0.15, 0.2) is 48.5 Å². The van der Waals surface area contributed by atoms with Gasteiger partial charge in [0.05, 0.1) is 10.6 Å². The standard InChI is InChI=1S/C45H47ClN6O6/c1-44(2)42(45(3,4)43(44)58-32-7-5-27(19-47)35(46)18-32)52-24-30-15-26(6-8-33(30)40(52)56)39(55)50-13-11-25(12-14-50)20-49-21-28-16-31-23-51(36-9-10-37(53)48-38(36)54)41(57)34(31)17-29(28)22-49/h5-8,15-18,25,36,42-43H,9-14,20-24H2,1-4H3,(H,48,53,54)/t36?,42-,43-. The molecule has 1 unspecified atom stereocenters. The number of rotatable bonds is 7. The van der Waals surface area contributed by atoms with E-state index in [0.717, 1.165) is 49.2 Å². The minimum Gasteiger partial charge on any atom is -0.489 e. The van der Waals surface area contributed by atoms with Gasteiger partial charge in [0.1, 0.15) is 24.0 Å². The molecule has 1 N–H and O–H groups in total. The fourth-order valence-electron chi connectivity index (χ4n) is 11.2. The molecule has 58 heavy (non-hydrogen) atoms. The lowest BCUT2D eigenvalue weighted by Gasteiger charge is -2.65. The largest absolute Gasteiger partial charge is 0.489 e. The smallest absolute Gasteiger partial charge is 0.255 e. The van der Waals surface area contributed by atoms with Gasteiger partial charge in [-0.2, -0.15) is 5.26 Å². The fourth-order valence-corrected chi connectivity index (χ4v) is 11.4. The Morgan fingerprint density at radius 3 is 2.19 bits per heavy atom. The lowest BCUT2D eigenvalue weighted by molar-refractivity contribution is -0.199. The van der Waals surface area contributed by atoms with Crippen molar-refractivity contribution in [1.29, 1.82) is 5.26 Å². The van der Waals surface area contributed by atoms with E-state index in [-0.39, 0.29) is 53.0 Å². The number of carbonyl (C=O) groups is 5. The van der Waals surface area contributed by atoms with E-state index in [1.807, 2.05) is 28.0 Å². The van der Waals surface area contributed by atoms with Crippen LogP contribution in [0.5, 0.6) is 5.75 Å². The van der Waals surface area contributed by atoms with Crippen molar-refractivity contribution in [2.45, 2.75) is 97.7 Å². The number of nitrogens with one attached hydrogen (secondary N) is 1. The molecule has 5 aliphatic heterocycles. The number of benzene rings is 3. The van der Waals surface area contributed by atoms with E-state index in [0.29, 0.717) is 71.5 Å². The molecular weight excluding hydrogens is 756 g/mol. The Labute approximate surface area is 343 Å². The van der Waals surface area contributed by atoms with Gasteiger partial charge in [0.2, 0.25) is 11.8 Å². The summed E-state index contributed by atoms with van der Waals surface area (Å²) in [6, 6.07) is 16.1. The number of imide groups is 1. The molecule has 0 spiro atoms. The maximum Gasteiger partial charge on any atom is 0.255 e. The quantitative estimate of drug-likeness (QED) is 0.301. The van der Waals surface area contributed by atoms with E-state index in [4.69, 9.17) is 16.3 Å². The van der Waals surface area contributed by atoms with Crippen molar-refractivity contribution in [1.82, 2.24) is 24.9 Å². The van der Waals surface area contributed by atoms with Gasteiger partial charge >= 0.3 is 0 Å². The topological polar surface area (TPSA) is 143 Å². The van der Waals surface area contributed by atoms with Crippen molar-refractivity contribution in [3.63, 3.8) is 0 Å². The number of halogens is 1. The monoisotopic (exact) mass is 802 g/mol. The second kappa shape index (κ2) is 13.9. The van der Waals surface area contributed by atoms with Crippen LogP contribution < -0.4 is 10.1 Å². The minimum atomic E-state index is -0.615. The van der Waals surface area contributed by atoms with Gasteiger partial charge in [-0.15, -0.1) is 0 Å². The molecule has 0 bridgehead atoms. The molecule has 1 aliphatic carbocycles. The van der Waals surface area contributed by atoms with Crippen molar-refractivity contribution >= 4 is 41.1 Å². The van der Waals surface area contributed by atoms with E-state index in [1.165, 1.54) is 5.56 Å². The maximum atomic E-state index is 13.9. The normalized spacial score (nSPS) is 24.9. The molecule has 5 amide bonds. The fraction of sp³-hybridized carbons (Fsp3) is 0.467. The van der Waals surface area contributed by atoms with E-state index in [2.05, 4.69) is 50.0 Å². The highest BCUT2D eigenvalue weighted by atomic mass is 35.5. The van der Waals surface area contributed by atoms with Crippen LogP contribution in [0.4, 0.5) is 0 Å². The Morgan fingerprint density at radius 2 is 1.50 bits per heavy atom. The number of piperidine rings is 2. The van der Waals surface area contributed by atoms with Crippen LogP contribution in [0, 0.1) is 28.1 Å². The van der Waals surface area contributed by atoms with E-state index >= 15 is 0 Å². The molecule has 12 nitrogen and oxygen atoms in total. The Kier molecular flexibility index (Phi) is 9.21. The number of nitrogens with zero attached hydrogens (tertiary/aromatic N) is 5. The van der Waals surface area contributed by atoms with Crippen molar-refractivity contribution in [3.05, 3.63) is 98.1 Å². The molecule has 300 valence electrons. The van der Waals surface area contributed by atoms with Crippen LogP contribution >= 0.6 is 11.6 Å². The summed E-state index contributed by atoms with van der Waals surface area (Å²) in [6.07, 6.45) is 2.18. The number of hydrogen-bond donors (Lipinski definition) is 1. The van der Waals surface area contributed by atoms with Gasteiger partial charge < -0.3 is 19.4 Å². The molecule has 0 radical (unpaired) electrons. The first-order valence-electron chi connectivity index (χ1n) is 20.2. The summed E-state index contributed by atoms with van der Waals surface area (Å²) in [5.74, 6) is 0.155. The number of ether oxygens (including phenoxy) is 1. The molecule has 6 aliphatic rings. The highest BCUT2D eigenvalue weighted by Gasteiger charge is 2.67. The molecule has 3 fully saturated rings. The van der Waals surface area contributed by atoms with E-state index in [1.54, 1.807) is 29.2 Å². The average molecular weight is 803 g/mol. The van der Waals surface area contributed by atoms with Crippen LogP contribution in [0.25, 0.3) is 0 Å². The second-order valence-electron chi connectivity index (χ2n) is 18.2. The SMILES string of the molecule is CC1(C)[C@H](Oc2ccc(C#N)c(Cl)c2)C(C)(C)[C@H]1N1Cc2cc(C(=O)N3CCC(CN4Cc5cc6c(cc5C4)C(=O)N(C4CCC(=O)NC4=O)C6)CC3)ccc2C1=O. The molecular formula is C45H47ClN6O6. The average Bonchev–Trinajstić information content (AvgIpc) is 3.83. The number of amides is 5. The van der Waals surface area contributed by atoms with Crippen LogP contribution in [-0.2, 0) is 35.8 Å². The Hall–Kier alpha value is -5.25. The Morgan fingerprint density at radius 1 is 0.828 bits per heavy atom. The van der Waals surface area contributed by atoms with Gasteiger partial charge in [-0.3, -0.25) is 34.2 Å². The summed E-state index contributed by atoms with van der Waals surface area (Å²) in [4.78, 5) is 73.1. The number of hydrogen-bond acceptors (Lipinski definition) is 8. The van der Waals surface area contributed by atoms with Gasteiger partial charge in [-0.05, 0) is 83.8 Å². The van der Waals surface area contributed by atoms with Crippen molar-refractivity contribution < 1.29 is 28.7 Å². The first kappa shape index (κ1) is 38.3. The highest BCUT2D eigenvalue weighted by molar-refractivity contribution is 6.31. The predicted molar refractivity (Wildman–Crippen MR) is 213 cm³/mol. The van der Waals surface area contributed by atoms with Crippen LogP contribution in [0.3, 0.4) is 0 Å². The van der Waals surface area contributed by atoms with Crippen LogP contribution in [0.1, 0.15) is 112 Å². The van der Waals surface area contributed by atoms with Gasteiger partial charge in [-0.1, -0.05) is 45.4 Å². The third kappa shape index (κ3) is 6.25. The summed E-state index contributed by atoms with van der Waals surface area (Å²) >= 11 is 6.29. The van der Waals surface area contributed by atoms with Gasteiger partial charge in [-0.25, -0.2) is 0 Å². The van der Waals surface area contributed by atoms with E-state index < -0.39 is 11.9 Å². The summed E-state index contributed by atoms with van der Waals surface area (Å²) < 4.78 is 6.47. The first-order valence-corrected chi connectivity index (χ1v) is 20.6.